The van der Waals surface area contributed by atoms with Crippen LogP contribution in [-0.2, 0) is 29.2 Å². The van der Waals surface area contributed by atoms with Crippen LogP contribution in [0.4, 0.5) is 0 Å². The Morgan fingerprint density at radius 2 is 1.67 bits per heavy atom. The van der Waals surface area contributed by atoms with Crippen molar-refractivity contribution in [3.8, 4) is 0 Å². The standard InChI is InChI=1S/C19H34O7S/c1-4-7-8-9-10-11-13-16(12-5-2)26-18(20)15-17(27(22,23)24)19(21)25-14-6-3/h6,16-17H,3-5,7-15H2,1-2H3,(H,22,23,24). The van der Waals surface area contributed by atoms with E-state index in [0.717, 1.165) is 25.7 Å². The Bertz CT molecular complexity index is 542. The maximum Gasteiger partial charge on any atom is 0.327 e. The van der Waals surface area contributed by atoms with Crippen molar-refractivity contribution >= 4 is 22.1 Å². The first-order chi connectivity index (χ1) is 12.8. The van der Waals surface area contributed by atoms with Gasteiger partial charge >= 0.3 is 11.9 Å². The quantitative estimate of drug-likeness (QED) is 0.180. The van der Waals surface area contributed by atoms with E-state index in [9.17, 15) is 22.6 Å². The lowest BCUT2D eigenvalue weighted by Crippen LogP contribution is -2.35. The molecule has 0 rings (SSSR count). The molecule has 8 heteroatoms. The van der Waals surface area contributed by atoms with Gasteiger partial charge in [0.25, 0.3) is 10.1 Å². The minimum atomic E-state index is -4.78. The fourth-order valence-electron chi connectivity index (χ4n) is 2.67. The zero-order valence-corrected chi connectivity index (χ0v) is 17.3. The van der Waals surface area contributed by atoms with Crippen LogP contribution in [0.25, 0.3) is 0 Å². The lowest BCUT2D eigenvalue weighted by Gasteiger charge is -2.19. The third kappa shape index (κ3) is 12.6. The highest BCUT2D eigenvalue weighted by Gasteiger charge is 2.36. The second kappa shape index (κ2) is 14.6. The highest BCUT2D eigenvalue weighted by molar-refractivity contribution is 7.87. The number of carbonyl (C=O) groups excluding carboxylic acids is 2. The van der Waals surface area contributed by atoms with Crippen LogP contribution >= 0.6 is 0 Å². The minimum absolute atomic E-state index is 0.212. The van der Waals surface area contributed by atoms with Gasteiger partial charge in [0.2, 0.25) is 0 Å². The molecule has 0 aliphatic heterocycles. The van der Waals surface area contributed by atoms with Crippen LogP contribution in [0.2, 0.25) is 0 Å². The molecule has 7 nitrogen and oxygen atoms in total. The molecular formula is C19H34O7S. The molecule has 0 aromatic carbocycles. The normalized spacial score (nSPS) is 13.6. The fourth-order valence-corrected chi connectivity index (χ4v) is 3.32. The number of rotatable bonds is 16. The van der Waals surface area contributed by atoms with Crippen molar-refractivity contribution in [3.05, 3.63) is 12.7 Å². The predicted molar refractivity (Wildman–Crippen MR) is 104 cm³/mol. The summed E-state index contributed by atoms with van der Waals surface area (Å²) in [6, 6.07) is 0. The van der Waals surface area contributed by atoms with Crippen molar-refractivity contribution in [2.75, 3.05) is 6.61 Å². The van der Waals surface area contributed by atoms with Gasteiger partial charge in [0, 0.05) is 0 Å². The molecular weight excluding hydrogens is 372 g/mol. The summed E-state index contributed by atoms with van der Waals surface area (Å²) in [5.41, 5.74) is 0. The van der Waals surface area contributed by atoms with Gasteiger partial charge in [0.05, 0.1) is 6.42 Å². The maximum absolute atomic E-state index is 12.1. The van der Waals surface area contributed by atoms with E-state index in [1.54, 1.807) is 0 Å². The Hall–Kier alpha value is -1.41. The fraction of sp³-hybridized carbons (Fsp3) is 0.789. The van der Waals surface area contributed by atoms with Crippen molar-refractivity contribution in [1.29, 1.82) is 0 Å². The highest BCUT2D eigenvalue weighted by Crippen LogP contribution is 2.16. The molecule has 27 heavy (non-hydrogen) atoms. The third-order valence-electron chi connectivity index (χ3n) is 4.11. The molecule has 0 fully saturated rings. The third-order valence-corrected chi connectivity index (χ3v) is 5.18. The highest BCUT2D eigenvalue weighted by atomic mass is 32.2. The molecule has 0 saturated carbocycles. The number of carbonyl (C=O) groups is 2. The van der Waals surface area contributed by atoms with Gasteiger partial charge in [-0.1, -0.05) is 65.0 Å². The van der Waals surface area contributed by atoms with Crippen LogP contribution in [0.15, 0.2) is 12.7 Å². The summed E-state index contributed by atoms with van der Waals surface area (Å²) in [6.45, 7) is 7.26. The molecule has 0 aliphatic carbocycles. The van der Waals surface area contributed by atoms with Crippen LogP contribution in [0.1, 0.15) is 78.1 Å². The zero-order valence-electron chi connectivity index (χ0n) is 16.5. The van der Waals surface area contributed by atoms with E-state index in [1.807, 2.05) is 6.92 Å². The average Bonchev–Trinajstić information content (AvgIpc) is 2.59. The zero-order chi connectivity index (χ0) is 20.7. The molecule has 0 aromatic rings. The molecule has 0 aliphatic rings. The number of hydrogen-bond acceptors (Lipinski definition) is 6. The molecule has 158 valence electrons. The molecule has 2 atom stereocenters. The topological polar surface area (TPSA) is 107 Å². The smallest absolute Gasteiger partial charge is 0.327 e. The summed E-state index contributed by atoms with van der Waals surface area (Å²) >= 11 is 0. The summed E-state index contributed by atoms with van der Waals surface area (Å²) in [4.78, 5) is 23.9. The Morgan fingerprint density at radius 3 is 2.22 bits per heavy atom. The molecule has 0 heterocycles. The summed E-state index contributed by atoms with van der Waals surface area (Å²) < 4.78 is 42.0. The van der Waals surface area contributed by atoms with E-state index in [-0.39, 0.29) is 12.7 Å². The van der Waals surface area contributed by atoms with Gasteiger partial charge in [0.15, 0.2) is 5.25 Å². The van der Waals surface area contributed by atoms with E-state index in [1.165, 1.54) is 25.3 Å². The van der Waals surface area contributed by atoms with E-state index < -0.39 is 33.7 Å². The molecule has 0 aromatic heterocycles. The summed E-state index contributed by atoms with van der Waals surface area (Å²) in [5.74, 6) is -2.03. The maximum atomic E-state index is 12.1. The van der Waals surface area contributed by atoms with Gasteiger partial charge in [-0.2, -0.15) is 8.42 Å². The van der Waals surface area contributed by atoms with Crippen molar-refractivity contribution in [2.45, 2.75) is 89.4 Å². The van der Waals surface area contributed by atoms with Gasteiger partial charge in [-0.3, -0.25) is 14.1 Å². The molecule has 2 unspecified atom stereocenters. The van der Waals surface area contributed by atoms with Crippen molar-refractivity contribution in [2.24, 2.45) is 0 Å². The predicted octanol–water partition coefficient (Wildman–Crippen LogP) is 3.82. The number of unbranched alkanes of at least 4 members (excludes halogenated alkanes) is 5. The van der Waals surface area contributed by atoms with E-state index in [0.29, 0.717) is 12.8 Å². The van der Waals surface area contributed by atoms with Crippen LogP contribution in [0, 0.1) is 0 Å². The Balaban J connectivity index is 4.61. The molecule has 0 saturated heterocycles. The molecule has 0 bridgehead atoms. The van der Waals surface area contributed by atoms with E-state index in [4.69, 9.17) is 4.74 Å². The van der Waals surface area contributed by atoms with Crippen LogP contribution < -0.4 is 0 Å². The van der Waals surface area contributed by atoms with Gasteiger partial charge in [-0.15, -0.1) is 0 Å². The van der Waals surface area contributed by atoms with Gasteiger partial charge in [0.1, 0.15) is 12.7 Å². The second-order valence-electron chi connectivity index (χ2n) is 6.58. The molecule has 0 amide bonds. The molecule has 0 spiro atoms. The van der Waals surface area contributed by atoms with E-state index >= 15 is 0 Å². The first-order valence-electron chi connectivity index (χ1n) is 9.69. The average molecular weight is 407 g/mol. The minimum Gasteiger partial charge on any atom is -0.462 e. The Kier molecular flexibility index (Phi) is 13.9. The van der Waals surface area contributed by atoms with Crippen molar-refractivity contribution in [1.82, 2.24) is 0 Å². The first kappa shape index (κ1) is 25.6. The first-order valence-corrected chi connectivity index (χ1v) is 11.2. The summed E-state index contributed by atoms with van der Waals surface area (Å²) in [7, 11) is -4.78. The van der Waals surface area contributed by atoms with E-state index in [2.05, 4.69) is 18.2 Å². The van der Waals surface area contributed by atoms with Gasteiger partial charge in [-0.25, -0.2) is 0 Å². The van der Waals surface area contributed by atoms with Crippen LogP contribution in [-0.4, -0.2) is 42.9 Å². The lowest BCUT2D eigenvalue weighted by atomic mass is 10.0. The lowest BCUT2D eigenvalue weighted by molar-refractivity contribution is -0.153. The van der Waals surface area contributed by atoms with Crippen LogP contribution in [0.3, 0.4) is 0 Å². The Morgan fingerprint density at radius 1 is 1.04 bits per heavy atom. The van der Waals surface area contributed by atoms with Crippen molar-refractivity contribution < 1.29 is 32.0 Å². The largest absolute Gasteiger partial charge is 0.462 e. The van der Waals surface area contributed by atoms with Gasteiger partial charge in [-0.05, 0) is 19.3 Å². The number of ether oxygens (including phenoxy) is 2. The second-order valence-corrected chi connectivity index (χ2v) is 8.18. The van der Waals surface area contributed by atoms with Crippen molar-refractivity contribution in [3.63, 3.8) is 0 Å². The molecule has 0 radical (unpaired) electrons. The Labute approximate surface area is 163 Å². The van der Waals surface area contributed by atoms with Crippen LogP contribution in [0.5, 0.6) is 0 Å². The molecule has 1 N–H and O–H groups in total. The SMILES string of the molecule is C=CCOC(=O)C(CC(=O)OC(CCC)CCCCCCCC)S(=O)(=O)O. The summed E-state index contributed by atoms with van der Waals surface area (Å²) in [6.07, 6.45) is 9.05. The van der Waals surface area contributed by atoms with Gasteiger partial charge < -0.3 is 9.47 Å². The monoisotopic (exact) mass is 406 g/mol. The summed E-state index contributed by atoms with van der Waals surface area (Å²) in [5, 5.41) is -1.98. The number of hydrogen-bond donors (Lipinski definition) is 1. The number of esters is 2.